The van der Waals surface area contributed by atoms with Crippen LogP contribution in [0.2, 0.25) is 0 Å². The summed E-state index contributed by atoms with van der Waals surface area (Å²) in [6.45, 7) is 10.4. The van der Waals surface area contributed by atoms with E-state index in [2.05, 4.69) is 61.0 Å². The normalized spacial score (nSPS) is 14.6. The minimum Gasteiger partial charge on any atom is -0.329 e. The van der Waals surface area contributed by atoms with E-state index in [9.17, 15) is 0 Å². The van der Waals surface area contributed by atoms with E-state index in [1.54, 1.807) is 0 Å². The number of nitrogens with zero attached hydrogens (tertiary/aromatic N) is 2. The summed E-state index contributed by atoms with van der Waals surface area (Å²) in [5.41, 5.74) is 9.49. The average molecular weight is 285 g/mol. The molecule has 2 aromatic rings. The second-order valence-electron chi connectivity index (χ2n) is 5.74. The van der Waals surface area contributed by atoms with Crippen molar-refractivity contribution in [3.05, 3.63) is 41.6 Å². The molecule has 3 heteroatoms. The fraction of sp³-hybridized carbons (Fsp3) is 0.500. The number of pyridine rings is 1. The molecule has 1 aromatic heterocycles. The van der Waals surface area contributed by atoms with Crippen LogP contribution in [0.25, 0.3) is 10.9 Å². The van der Waals surface area contributed by atoms with Crippen LogP contribution in [0.5, 0.6) is 0 Å². The van der Waals surface area contributed by atoms with Crippen LogP contribution in [0.1, 0.15) is 44.5 Å². The smallest absolute Gasteiger partial charge is 0.0705 e. The zero-order valence-electron chi connectivity index (χ0n) is 13.6. The molecule has 1 aromatic carbocycles. The predicted molar refractivity (Wildman–Crippen MR) is 90.4 cm³/mol. The number of benzene rings is 1. The molecule has 0 aliphatic heterocycles. The van der Waals surface area contributed by atoms with Crippen LogP contribution in [0.4, 0.5) is 0 Å². The van der Waals surface area contributed by atoms with Gasteiger partial charge in [-0.3, -0.25) is 9.88 Å². The van der Waals surface area contributed by atoms with Crippen molar-refractivity contribution in [2.45, 2.75) is 46.2 Å². The SMILES string of the molecule is CCC(C)N(CC)C(CN)c1ccc2nc(C)ccc2c1. The standard InChI is InChI=1S/C18H27N3/c1-5-14(4)21(6-2)18(12-19)16-9-10-17-15(11-16)8-7-13(3)20-17/h7-11,14,18H,5-6,12,19H2,1-4H3. The van der Waals surface area contributed by atoms with Crippen molar-refractivity contribution in [3.63, 3.8) is 0 Å². The molecular weight excluding hydrogens is 258 g/mol. The van der Waals surface area contributed by atoms with Gasteiger partial charge in [0.15, 0.2) is 0 Å². The number of likely N-dealkylation sites (N-methyl/N-ethyl adjacent to an activating group) is 1. The molecule has 1 heterocycles. The van der Waals surface area contributed by atoms with Crippen molar-refractivity contribution in [1.82, 2.24) is 9.88 Å². The fourth-order valence-electron chi connectivity index (χ4n) is 2.99. The second-order valence-corrected chi connectivity index (χ2v) is 5.74. The summed E-state index contributed by atoms with van der Waals surface area (Å²) in [4.78, 5) is 7.06. The van der Waals surface area contributed by atoms with Gasteiger partial charge >= 0.3 is 0 Å². The van der Waals surface area contributed by atoms with Gasteiger partial charge in [-0.2, -0.15) is 0 Å². The van der Waals surface area contributed by atoms with Gasteiger partial charge < -0.3 is 5.73 Å². The van der Waals surface area contributed by atoms with Crippen LogP contribution in [-0.4, -0.2) is 29.0 Å². The molecule has 3 nitrogen and oxygen atoms in total. The molecule has 2 unspecified atom stereocenters. The third kappa shape index (κ3) is 3.42. The first kappa shape index (κ1) is 15.9. The zero-order chi connectivity index (χ0) is 15.4. The maximum Gasteiger partial charge on any atom is 0.0705 e. The van der Waals surface area contributed by atoms with Crippen molar-refractivity contribution in [3.8, 4) is 0 Å². The number of rotatable bonds is 6. The quantitative estimate of drug-likeness (QED) is 0.880. The molecule has 21 heavy (non-hydrogen) atoms. The lowest BCUT2D eigenvalue weighted by Gasteiger charge is -2.35. The number of fused-ring (bicyclic) bond motifs is 1. The Morgan fingerprint density at radius 1 is 1.19 bits per heavy atom. The Bertz CT molecular complexity index is 594. The van der Waals surface area contributed by atoms with Gasteiger partial charge in [0.1, 0.15) is 0 Å². The van der Waals surface area contributed by atoms with E-state index in [-0.39, 0.29) is 6.04 Å². The molecule has 0 radical (unpaired) electrons. The Morgan fingerprint density at radius 2 is 1.95 bits per heavy atom. The van der Waals surface area contributed by atoms with E-state index in [1.807, 2.05) is 6.92 Å². The molecule has 0 spiro atoms. The monoisotopic (exact) mass is 285 g/mol. The minimum absolute atomic E-state index is 0.274. The lowest BCUT2D eigenvalue weighted by Crippen LogP contribution is -2.39. The Kier molecular flexibility index (Phi) is 5.32. The average Bonchev–Trinajstić information content (AvgIpc) is 2.51. The fourth-order valence-corrected chi connectivity index (χ4v) is 2.99. The predicted octanol–water partition coefficient (Wildman–Crippen LogP) is 3.66. The van der Waals surface area contributed by atoms with Crippen molar-refractivity contribution in [2.24, 2.45) is 5.73 Å². The molecule has 114 valence electrons. The number of aryl methyl sites for hydroxylation is 1. The summed E-state index contributed by atoms with van der Waals surface area (Å²) < 4.78 is 0. The second kappa shape index (κ2) is 7.01. The molecule has 2 atom stereocenters. The summed E-state index contributed by atoms with van der Waals surface area (Å²) in [6.07, 6.45) is 1.14. The van der Waals surface area contributed by atoms with E-state index < -0.39 is 0 Å². The maximum absolute atomic E-state index is 6.08. The number of aromatic nitrogens is 1. The molecule has 2 rings (SSSR count). The van der Waals surface area contributed by atoms with Gasteiger partial charge in [0, 0.05) is 29.7 Å². The van der Waals surface area contributed by atoms with Gasteiger partial charge in [-0.25, -0.2) is 0 Å². The first-order valence-corrected chi connectivity index (χ1v) is 7.93. The van der Waals surface area contributed by atoms with Crippen LogP contribution in [0, 0.1) is 6.92 Å². The molecule has 0 fully saturated rings. The van der Waals surface area contributed by atoms with Crippen molar-refractivity contribution < 1.29 is 0 Å². The van der Waals surface area contributed by atoms with Gasteiger partial charge in [0.05, 0.1) is 5.52 Å². The summed E-state index contributed by atoms with van der Waals surface area (Å²) in [5.74, 6) is 0. The third-order valence-corrected chi connectivity index (χ3v) is 4.38. The third-order valence-electron chi connectivity index (χ3n) is 4.38. The molecule has 0 saturated carbocycles. The highest BCUT2D eigenvalue weighted by molar-refractivity contribution is 5.79. The first-order valence-electron chi connectivity index (χ1n) is 7.93. The molecule has 2 N–H and O–H groups in total. The number of hydrogen-bond donors (Lipinski definition) is 1. The highest BCUT2D eigenvalue weighted by atomic mass is 15.2. The molecular formula is C18H27N3. The Morgan fingerprint density at radius 3 is 2.57 bits per heavy atom. The molecule has 0 aliphatic rings. The Hall–Kier alpha value is -1.45. The zero-order valence-corrected chi connectivity index (χ0v) is 13.6. The van der Waals surface area contributed by atoms with Crippen molar-refractivity contribution >= 4 is 10.9 Å². The van der Waals surface area contributed by atoms with Crippen LogP contribution in [0.3, 0.4) is 0 Å². The summed E-state index contributed by atoms with van der Waals surface area (Å²) >= 11 is 0. The molecule has 0 aliphatic carbocycles. The molecule has 0 amide bonds. The topological polar surface area (TPSA) is 42.1 Å². The van der Waals surface area contributed by atoms with Gasteiger partial charge in [0.2, 0.25) is 0 Å². The van der Waals surface area contributed by atoms with Crippen LogP contribution in [0.15, 0.2) is 30.3 Å². The van der Waals surface area contributed by atoms with Gasteiger partial charge in [-0.1, -0.05) is 26.0 Å². The molecule has 0 bridgehead atoms. The van der Waals surface area contributed by atoms with Crippen LogP contribution in [-0.2, 0) is 0 Å². The van der Waals surface area contributed by atoms with E-state index in [1.165, 1.54) is 10.9 Å². The van der Waals surface area contributed by atoms with Gasteiger partial charge in [-0.15, -0.1) is 0 Å². The maximum atomic E-state index is 6.08. The van der Waals surface area contributed by atoms with E-state index in [0.29, 0.717) is 12.6 Å². The summed E-state index contributed by atoms with van der Waals surface area (Å²) in [5, 5.41) is 1.19. The Labute approximate surface area is 128 Å². The van der Waals surface area contributed by atoms with E-state index in [0.717, 1.165) is 24.2 Å². The van der Waals surface area contributed by atoms with Crippen molar-refractivity contribution in [2.75, 3.05) is 13.1 Å². The van der Waals surface area contributed by atoms with Crippen molar-refractivity contribution in [1.29, 1.82) is 0 Å². The first-order chi connectivity index (χ1) is 10.1. The van der Waals surface area contributed by atoms with E-state index in [4.69, 9.17) is 5.73 Å². The summed E-state index contributed by atoms with van der Waals surface area (Å²) in [6, 6.07) is 11.6. The Balaban J connectivity index is 2.39. The molecule has 0 saturated heterocycles. The highest BCUT2D eigenvalue weighted by Gasteiger charge is 2.21. The minimum atomic E-state index is 0.274. The summed E-state index contributed by atoms with van der Waals surface area (Å²) in [7, 11) is 0. The van der Waals surface area contributed by atoms with Gasteiger partial charge in [0.25, 0.3) is 0 Å². The number of hydrogen-bond acceptors (Lipinski definition) is 3. The largest absolute Gasteiger partial charge is 0.329 e. The van der Waals surface area contributed by atoms with Crippen LogP contribution >= 0.6 is 0 Å². The lowest BCUT2D eigenvalue weighted by atomic mass is 10.0. The lowest BCUT2D eigenvalue weighted by molar-refractivity contribution is 0.152. The number of nitrogens with two attached hydrogens (primary N) is 1. The van der Waals surface area contributed by atoms with Gasteiger partial charge in [-0.05, 0) is 50.6 Å². The van der Waals surface area contributed by atoms with E-state index >= 15 is 0 Å². The highest BCUT2D eigenvalue weighted by Crippen LogP contribution is 2.26. The van der Waals surface area contributed by atoms with Crippen LogP contribution < -0.4 is 5.73 Å².